The first-order valence-corrected chi connectivity index (χ1v) is 9.91. The topological polar surface area (TPSA) is 95.1 Å². The van der Waals surface area contributed by atoms with Gasteiger partial charge in [0.1, 0.15) is 12.3 Å². The van der Waals surface area contributed by atoms with Crippen LogP contribution in [0.4, 0.5) is 4.79 Å². The highest BCUT2D eigenvalue weighted by molar-refractivity contribution is 5.79. The molecule has 3 N–H and O–H groups in total. The zero-order valence-corrected chi connectivity index (χ0v) is 16.0. The second kappa shape index (κ2) is 7.00. The van der Waals surface area contributed by atoms with Gasteiger partial charge in [0.25, 0.3) is 0 Å². The van der Waals surface area contributed by atoms with E-state index in [0.29, 0.717) is 18.8 Å². The van der Waals surface area contributed by atoms with Crippen LogP contribution >= 0.6 is 0 Å². The Morgan fingerprint density at radius 1 is 1.14 bits per heavy atom. The van der Waals surface area contributed by atoms with Gasteiger partial charge in [0.2, 0.25) is 0 Å². The number of benzene rings is 2. The lowest BCUT2D eigenvalue weighted by Gasteiger charge is -2.14. The van der Waals surface area contributed by atoms with E-state index in [9.17, 15) is 4.79 Å². The van der Waals surface area contributed by atoms with Crippen molar-refractivity contribution in [3.8, 4) is 11.1 Å². The molecule has 0 aliphatic heterocycles. The summed E-state index contributed by atoms with van der Waals surface area (Å²) in [7, 11) is 0. The molecule has 148 valence electrons. The summed E-state index contributed by atoms with van der Waals surface area (Å²) >= 11 is 0. The Balaban J connectivity index is 1.21. The number of fused-ring (bicyclic) bond motifs is 3. The van der Waals surface area contributed by atoms with Gasteiger partial charge in [0.15, 0.2) is 0 Å². The van der Waals surface area contributed by atoms with Crippen molar-refractivity contribution in [1.29, 1.82) is 0 Å². The van der Waals surface area contributed by atoms with Crippen molar-refractivity contribution < 1.29 is 9.53 Å². The van der Waals surface area contributed by atoms with E-state index in [2.05, 4.69) is 39.9 Å². The minimum Gasteiger partial charge on any atom is -0.449 e. The molecule has 1 amide bonds. The van der Waals surface area contributed by atoms with Crippen LogP contribution in [0.15, 0.2) is 54.7 Å². The summed E-state index contributed by atoms with van der Waals surface area (Å²) in [5, 5.41) is 11.0. The van der Waals surface area contributed by atoms with Crippen LogP contribution in [0.3, 0.4) is 0 Å². The number of aromatic nitrogens is 3. The largest absolute Gasteiger partial charge is 0.449 e. The molecule has 5 rings (SSSR count). The molecule has 3 aromatic rings. The highest BCUT2D eigenvalue weighted by Gasteiger charge is 2.44. The molecule has 1 fully saturated rings. The molecule has 1 saturated carbocycles. The summed E-state index contributed by atoms with van der Waals surface area (Å²) in [4.78, 5) is 12.3. The smallest absolute Gasteiger partial charge is 0.407 e. The number of hydrogen-bond donors (Lipinski definition) is 2. The third kappa shape index (κ3) is 3.17. The van der Waals surface area contributed by atoms with Crippen LogP contribution in [0.25, 0.3) is 11.1 Å². The number of carbonyl (C=O) groups excluding carboxylic acids is 1. The summed E-state index contributed by atoms with van der Waals surface area (Å²) in [6.07, 6.45) is 3.43. The van der Waals surface area contributed by atoms with Crippen LogP contribution < -0.4 is 11.1 Å². The van der Waals surface area contributed by atoms with Gasteiger partial charge in [-0.15, -0.1) is 5.10 Å². The fourth-order valence-corrected chi connectivity index (χ4v) is 4.09. The van der Waals surface area contributed by atoms with E-state index in [1.807, 2.05) is 35.1 Å². The number of rotatable bonds is 6. The first-order chi connectivity index (χ1) is 14.2. The van der Waals surface area contributed by atoms with E-state index in [0.717, 1.165) is 12.8 Å². The number of alkyl carbamates (subject to hydrolysis) is 1. The van der Waals surface area contributed by atoms with E-state index in [1.54, 1.807) is 0 Å². The number of amides is 1. The van der Waals surface area contributed by atoms with Crippen LogP contribution in [0.5, 0.6) is 0 Å². The maximum atomic E-state index is 12.3. The fourth-order valence-electron chi connectivity index (χ4n) is 4.09. The predicted molar refractivity (Wildman–Crippen MR) is 108 cm³/mol. The standard InChI is InChI=1S/C22H23N5O2/c23-14-22(9-10-22)27-12-15(25-26-27)11-24-21(28)29-13-20-18-7-3-1-5-16(18)17-6-2-4-8-19(17)20/h1-8,12,20H,9-11,13-14,23H2,(H,24,28). The minimum atomic E-state index is -0.457. The van der Waals surface area contributed by atoms with Gasteiger partial charge in [-0.25, -0.2) is 9.48 Å². The van der Waals surface area contributed by atoms with E-state index >= 15 is 0 Å². The monoisotopic (exact) mass is 389 g/mol. The number of nitrogens with one attached hydrogen (secondary N) is 1. The Kier molecular flexibility index (Phi) is 4.32. The maximum absolute atomic E-state index is 12.3. The van der Waals surface area contributed by atoms with Gasteiger partial charge < -0.3 is 15.8 Å². The lowest BCUT2D eigenvalue weighted by atomic mass is 9.98. The molecule has 0 radical (unpaired) electrons. The third-order valence-electron chi connectivity index (χ3n) is 5.99. The van der Waals surface area contributed by atoms with Crippen LogP contribution in [-0.2, 0) is 16.8 Å². The molecular weight excluding hydrogens is 366 g/mol. The average Bonchev–Trinajstić information content (AvgIpc) is 3.30. The number of hydrogen-bond acceptors (Lipinski definition) is 5. The van der Waals surface area contributed by atoms with E-state index in [4.69, 9.17) is 10.5 Å². The highest BCUT2D eigenvalue weighted by atomic mass is 16.5. The highest BCUT2D eigenvalue weighted by Crippen LogP contribution is 2.44. The molecule has 0 atom stereocenters. The molecule has 0 unspecified atom stereocenters. The van der Waals surface area contributed by atoms with Crippen molar-refractivity contribution in [2.24, 2.45) is 5.73 Å². The molecule has 0 spiro atoms. The minimum absolute atomic E-state index is 0.0494. The molecule has 1 aromatic heterocycles. The molecule has 0 bridgehead atoms. The average molecular weight is 389 g/mol. The van der Waals surface area contributed by atoms with Gasteiger partial charge in [-0.2, -0.15) is 0 Å². The predicted octanol–water partition coefficient (Wildman–Crippen LogP) is 2.76. The molecule has 2 aliphatic rings. The van der Waals surface area contributed by atoms with Crippen molar-refractivity contribution in [3.05, 3.63) is 71.5 Å². The Morgan fingerprint density at radius 3 is 2.41 bits per heavy atom. The summed E-state index contributed by atoms with van der Waals surface area (Å²) < 4.78 is 7.37. The van der Waals surface area contributed by atoms with E-state index in [-0.39, 0.29) is 18.0 Å². The summed E-state index contributed by atoms with van der Waals surface area (Å²) in [5.41, 5.74) is 11.3. The van der Waals surface area contributed by atoms with Gasteiger partial charge in [-0.3, -0.25) is 0 Å². The molecule has 2 aliphatic carbocycles. The lowest BCUT2D eigenvalue weighted by molar-refractivity contribution is 0.142. The van der Waals surface area contributed by atoms with Crippen molar-refractivity contribution >= 4 is 6.09 Å². The molecule has 7 nitrogen and oxygen atoms in total. The number of carbonyl (C=O) groups is 1. The summed E-state index contributed by atoms with van der Waals surface area (Å²) in [5.74, 6) is 0.0494. The normalized spacial score (nSPS) is 16.2. The summed E-state index contributed by atoms with van der Waals surface area (Å²) in [6, 6.07) is 16.6. The van der Waals surface area contributed by atoms with Crippen molar-refractivity contribution in [1.82, 2.24) is 20.3 Å². The first kappa shape index (κ1) is 17.9. The van der Waals surface area contributed by atoms with Crippen LogP contribution in [0.1, 0.15) is 35.6 Å². The van der Waals surface area contributed by atoms with Gasteiger partial charge in [-0.1, -0.05) is 53.7 Å². The van der Waals surface area contributed by atoms with E-state index in [1.165, 1.54) is 22.3 Å². The fraction of sp³-hybridized carbons (Fsp3) is 0.318. The van der Waals surface area contributed by atoms with Crippen molar-refractivity contribution in [2.75, 3.05) is 13.2 Å². The van der Waals surface area contributed by atoms with Crippen LogP contribution in [0, 0.1) is 0 Å². The van der Waals surface area contributed by atoms with Crippen LogP contribution in [-0.4, -0.2) is 34.2 Å². The Hall–Kier alpha value is -3.19. The van der Waals surface area contributed by atoms with E-state index < -0.39 is 6.09 Å². The van der Waals surface area contributed by atoms with Gasteiger partial charge in [0.05, 0.1) is 18.3 Å². The molecule has 1 heterocycles. The van der Waals surface area contributed by atoms with Gasteiger partial charge in [-0.05, 0) is 35.1 Å². The Bertz CT molecular complexity index is 1010. The zero-order valence-electron chi connectivity index (χ0n) is 16.0. The van der Waals surface area contributed by atoms with Crippen molar-refractivity contribution in [3.63, 3.8) is 0 Å². The van der Waals surface area contributed by atoms with Crippen molar-refractivity contribution in [2.45, 2.75) is 30.8 Å². The van der Waals surface area contributed by atoms with Crippen LogP contribution in [0.2, 0.25) is 0 Å². The molecule has 29 heavy (non-hydrogen) atoms. The molecule has 0 saturated heterocycles. The number of nitrogens with zero attached hydrogens (tertiary/aromatic N) is 3. The third-order valence-corrected chi connectivity index (χ3v) is 5.99. The van der Waals surface area contributed by atoms with Gasteiger partial charge in [0, 0.05) is 12.5 Å². The maximum Gasteiger partial charge on any atom is 0.407 e. The SMILES string of the molecule is NCC1(n2cc(CNC(=O)OCC3c4ccccc4-c4ccccc43)nn2)CC1. The lowest BCUT2D eigenvalue weighted by Crippen LogP contribution is -2.27. The summed E-state index contributed by atoms with van der Waals surface area (Å²) in [6.45, 7) is 1.12. The Morgan fingerprint density at radius 2 is 1.79 bits per heavy atom. The molecule has 2 aromatic carbocycles. The second-order valence-corrected chi connectivity index (χ2v) is 7.76. The quantitative estimate of drug-likeness (QED) is 0.676. The molecule has 7 heteroatoms. The number of ether oxygens (including phenoxy) is 1. The second-order valence-electron chi connectivity index (χ2n) is 7.76. The molecular formula is C22H23N5O2. The zero-order chi connectivity index (χ0) is 19.8. The van der Waals surface area contributed by atoms with Gasteiger partial charge >= 0.3 is 6.09 Å². The Labute approximate surface area is 168 Å². The first-order valence-electron chi connectivity index (χ1n) is 9.91. The number of nitrogens with two attached hydrogens (primary N) is 1.